The van der Waals surface area contributed by atoms with Crippen LogP contribution in [0.25, 0.3) is 11.0 Å². The molecule has 0 unspecified atom stereocenters. The Morgan fingerprint density at radius 1 is 0.767 bits per heavy atom. The van der Waals surface area contributed by atoms with Gasteiger partial charge in [-0.3, -0.25) is 5.10 Å². The van der Waals surface area contributed by atoms with Gasteiger partial charge in [0.1, 0.15) is 31.9 Å². The lowest BCUT2D eigenvalue weighted by Crippen LogP contribution is -2.43. The molecule has 0 bridgehead atoms. The maximum atomic E-state index is 10.1. The van der Waals surface area contributed by atoms with Crippen LogP contribution in [0.5, 0.6) is 0 Å². The maximum absolute atomic E-state index is 10.1. The van der Waals surface area contributed by atoms with E-state index >= 15 is 0 Å². The molecule has 164 valence electrons. The van der Waals surface area contributed by atoms with Gasteiger partial charge in [-0.05, 0) is 12.1 Å². The van der Waals surface area contributed by atoms with E-state index in [-0.39, 0.29) is 0 Å². The van der Waals surface area contributed by atoms with E-state index in [4.69, 9.17) is 0 Å². The molecule has 0 aliphatic carbocycles. The molecule has 19 nitrogen and oxygen atoms in total. The average molecular weight is 435 g/mol. The zero-order valence-electron chi connectivity index (χ0n) is 14.7. The number of nitrogens with zero attached hydrogens (tertiary/aromatic N) is 6. The molecule has 0 radical (unpaired) electrons. The molecule has 0 aliphatic heterocycles. The van der Waals surface area contributed by atoms with Crippen molar-refractivity contribution in [2.75, 3.05) is 26.4 Å². The van der Waals surface area contributed by atoms with Crippen LogP contribution >= 0.6 is 0 Å². The third kappa shape index (κ3) is 8.88. The summed E-state index contributed by atoms with van der Waals surface area (Å²) in [4.78, 5) is 56.2. The average Bonchev–Trinajstić information content (AvgIpc) is 3.16. The zero-order valence-corrected chi connectivity index (χ0v) is 14.7. The summed E-state index contributed by atoms with van der Waals surface area (Å²) in [5.41, 5.74) is -0.129. The fourth-order valence-corrected chi connectivity index (χ4v) is 1.80. The lowest BCUT2D eigenvalue weighted by atomic mass is 9.92. The molecule has 0 fully saturated rings. The number of rotatable bonds is 12. The summed E-state index contributed by atoms with van der Waals surface area (Å²) in [6, 6.07) is 7.74. The first-order valence-electron chi connectivity index (χ1n) is 7.48. The minimum Gasteiger partial charge on any atom is -0.313 e. The Balaban J connectivity index is 0.000000405. The summed E-state index contributed by atoms with van der Waals surface area (Å²) in [6.07, 6.45) is 0. The Hall–Kier alpha value is -4.58. The summed E-state index contributed by atoms with van der Waals surface area (Å²) in [5, 5.41) is 45.5. The fourth-order valence-electron chi connectivity index (χ4n) is 1.80. The molecule has 1 aromatic carbocycles. The summed E-state index contributed by atoms with van der Waals surface area (Å²) >= 11 is 0. The van der Waals surface area contributed by atoms with Crippen LogP contribution < -0.4 is 0 Å². The van der Waals surface area contributed by atoms with Gasteiger partial charge >= 0.3 is 0 Å². The highest BCUT2D eigenvalue weighted by Gasteiger charge is 2.37. The largest absolute Gasteiger partial charge is 0.313 e. The summed E-state index contributed by atoms with van der Waals surface area (Å²) in [6.45, 7) is -4.13. The summed E-state index contributed by atoms with van der Waals surface area (Å²) < 4.78 is 0. The second-order valence-electron chi connectivity index (χ2n) is 5.32. The van der Waals surface area contributed by atoms with E-state index in [0.29, 0.717) is 0 Å². The van der Waals surface area contributed by atoms with Crippen molar-refractivity contribution in [3.63, 3.8) is 0 Å². The maximum Gasteiger partial charge on any atom is 0.294 e. The van der Waals surface area contributed by atoms with E-state index in [2.05, 4.69) is 34.8 Å². The molecule has 19 heteroatoms. The predicted octanol–water partition coefficient (Wildman–Crippen LogP) is -0.236. The summed E-state index contributed by atoms with van der Waals surface area (Å²) in [5.74, 6) is 0. The Morgan fingerprint density at radius 3 is 1.53 bits per heavy atom. The van der Waals surface area contributed by atoms with E-state index in [0.717, 1.165) is 11.0 Å². The number of fused-ring (bicyclic) bond motifs is 1. The summed E-state index contributed by atoms with van der Waals surface area (Å²) in [7, 11) is 0. The van der Waals surface area contributed by atoms with Crippen LogP contribution in [-0.2, 0) is 19.4 Å². The number of aromatic nitrogens is 3. The molecule has 0 spiro atoms. The molecule has 1 N–H and O–H groups in total. The van der Waals surface area contributed by atoms with E-state index in [1.165, 1.54) is 0 Å². The van der Waals surface area contributed by atoms with Crippen LogP contribution in [0.1, 0.15) is 0 Å². The molecule has 0 saturated heterocycles. The molecule has 30 heavy (non-hydrogen) atoms. The second-order valence-corrected chi connectivity index (χ2v) is 5.32. The van der Waals surface area contributed by atoms with Crippen LogP contribution in [0.15, 0.2) is 24.3 Å². The molecule has 0 saturated carbocycles. The van der Waals surface area contributed by atoms with E-state index in [9.17, 15) is 40.5 Å². The van der Waals surface area contributed by atoms with Gasteiger partial charge in [0.25, 0.3) is 20.3 Å². The second kappa shape index (κ2) is 11.3. The highest BCUT2D eigenvalue weighted by molar-refractivity contribution is 5.72. The minimum atomic E-state index is -2.03. The van der Waals surface area contributed by atoms with Crippen molar-refractivity contribution in [2.45, 2.75) is 0 Å². The molecule has 2 rings (SSSR count). The van der Waals surface area contributed by atoms with Gasteiger partial charge < -0.3 is 19.4 Å². The Morgan fingerprint density at radius 2 is 1.17 bits per heavy atom. The van der Waals surface area contributed by atoms with Gasteiger partial charge in [0.2, 0.25) is 0 Å². The van der Waals surface area contributed by atoms with Crippen molar-refractivity contribution >= 4 is 11.0 Å². The van der Waals surface area contributed by atoms with Crippen LogP contribution in [0.4, 0.5) is 0 Å². The van der Waals surface area contributed by atoms with Crippen LogP contribution in [-0.4, -0.2) is 62.2 Å². The Kier molecular flexibility index (Phi) is 8.84. The number of hydrogen-bond acceptors (Lipinski definition) is 14. The molecule has 1 aromatic heterocycles. The zero-order chi connectivity index (χ0) is 22.6. The van der Waals surface area contributed by atoms with Crippen molar-refractivity contribution in [1.29, 1.82) is 0 Å². The highest BCUT2D eigenvalue weighted by Crippen LogP contribution is 2.21. The van der Waals surface area contributed by atoms with Crippen molar-refractivity contribution in [3.8, 4) is 0 Å². The van der Waals surface area contributed by atoms with Gasteiger partial charge in [-0.1, -0.05) is 17.3 Å². The first kappa shape index (κ1) is 23.5. The number of hydrogen-bond donors (Lipinski definition) is 1. The molecule has 0 aliphatic rings. The first-order valence-corrected chi connectivity index (χ1v) is 7.48. The standard InChI is InChI=1S/C6H5N3.C5H8N4O12/c1-2-4-6-5(3-1)7-9-8-6;10-6(11)18-1-5(2-19-7(12)13,3-20-8(14)15)4-21-9(16)17/h1-4H,(H,7,8,9);1-4H2. The molecular formula is C11H13N7O12. The van der Waals surface area contributed by atoms with Gasteiger partial charge in [-0.2, -0.15) is 0 Å². The molecule has 2 aromatic rings. The molecular weight excluding hydrogens is 422 g/mol. The topological polar surface area (TPSA) is 251 Å². The number of aromatic amines is 1. The van der Waals surface area contributed by atoms with E-state index in [1.54, 1.807) is 0 Å². The van der Waals surface area contributed by atoms with Gasteiger partial charge in [-0.15, -0.1) is 45.6 Å². The number of nitrogens with one attached hydrogen (secondary N) is 1. The number of benzene rings is 1. The van der Waals surface area contributed by atoms with Crippen LogP contribution in [0, 0.1) is 45.9 Å². The van der Waals surface area contributed by atoms with Gasteiger partial charge in [0.05, 0.1) is 10.9 Å². The van der Waals surface area contributed by atoms with Crippen molar-refractivity contribution in [1.82, 2.24) is 15.4 Å². The third-order valence-electron chi connectivity index (χ3n) is 3.14. The van der Waals surface area contributed by atoms with Crippen LogP contribution in [0.2, 0.25) is 0 Å². The van der Waals surface area contributed by atoms with Gasteiger partial charge in [-0.25, -0.2) is 0 Å². The normalized spacial score (nSPS) is 10.3. The fraction of sp³-hybridized carbons (Fsp3) is 0.455. The first-order chi connectivity index (χ1) is 14.1. The van der Waals surface area contributed by atoms with Gasteiger partial charge in [0, 0.05) is 0 Å². The predicted molar refractivity (Wildman–Crippen MR) is 88.1 cm³/mol. The number of H-pyrrole nitrogens is 1. The Bertz CT molecular complexity index is 765. The molecule has 1 heterocycles. The lowest BCUT2D eigenvalue weighted by molar-refractivity contribution is -0.792. The van der Waals surface area contributed by atoms with Gasteiger partial charge in [0.15, 0.2) is 0 Å². The monoisotopic (exact) mass is 435 g/mol. The van der Waals surface area contributed by atoms with Crippen LogP contribution in [0.3, 0.4) is 0 Å². The van der Waals surface area contributed by atoms with Crippen molar-refractivity contribution in [2.24, 2.45) is 5.41 Å². The highest BCUT2D eigenvalue weighted by atomic mass is 17.0. The quantitative estimate of drug-likeness (QED) is 0.333. The SMILES string of the molecule is O=[N+]([O-])OCC(CO[N+](=O)[O-])(CO[N+](=O)[O-])CO[N+](=O)[O-].c1ccc2[nH]nnc2c1. The third-order valence-corrected chi connectivity index (χ3v) is 3.14. The van der Waals surface area contributed by atoms with Crippen molar-refractivity contribution in [3.05, 3.63) is 64.7 Å². The number of para-hydroxylation sites is 1. The van der Waals surface area contributed by atoms with Crippen molar-refractivity contribution < 1.29 is 39.7 Å². The smallest absolute Gasteiger partial charge is 0.294 e. The molecule has 0 atom stereocenters. The van der Waals surface area contributed by atoms with E-state index in [1.807, 2.05) is 24.3 Å². The molecule has 0 amide bonds. The van der Waals surface area contributed by atoms with E-state index < -0.39 is 52.2 Å². The minimum absolute atomic E-state index is 0.914. The lowest BCUT2D eigenvalue weighted by Gasteiger charge is -2.28. The Labute approximate surface area is 163 Å².